The van der Waals surface area contributed by atoms with Gasteiger partial charge < -0.3 is 4.74 Å². The van der Waals surface area contributed by atoms with Gasteiger partial charge in [-0.3, -0.25) is 4.79 Å². The summed E-state index contributed by atoms with van der Waals surface area (Å²) in [5.41, 5.74) is -0.0282. The van der Waals surface area contributed by atoms with Crippen molar-refractivity contribution in [2.45, 2.75) is 18.8 Å². The van der Waals surface area contributed by atoms with Crippen LogP contribution < -0.4 is 0 Å². The highest BCUT2D eigenvalue weighted by molar-refractivity contribution is 7.12. The summed E-state index contributed by atoms with van der Waals surface area (Å²) in [5.74, 6) is -0.563. The number of aryl methyl sites for hydroxylation is 1. The van der Waals surface area contributed by atoms with Crippen LogP contribution in [0.4, 0.5) is 13.2 Å². The molecule has 3 nitrogen and oxygen atoms in total. The number of Topliss-reactive ketones (excluding diaryl/α,β-unsaturated/α-hetero) is 1. The lowest BCUT2D eigenvalue weighted by atomic mass is 10.0. The lowest BCUT2D eigenvalue weighted by Crippen LogP contribution is -2.37. The van der Waals surface area contributed by atoms with Gasteiger partial charge in [-0.15, -0.1) is 11.3 Å². The van der Waals surface area contributed by atoms with E-state index in [9.17, 15) is 18.0 Å². The van der Waals surface area contributed by atoms with Crippen LogP contribution >= 0.6 is 11.3 Å². The van der Waals surface area contributed by atoms with Gasteiger partial charge in [-0.25, -0.2) is 4.99 Å². The maximum Gasteiger partial charge on any atom is 0.411 e. The molecule has 1 aliphatic rings. The van der Waals surface area contributed by atoms with Crippen molar-refractivity contribution in [3.8, 4) is 0 Å². The predicted molar refractivity (Wildman–Crippen MR) is 81.1 cm³/mol. The summed E-state index contributed by atoms with van der Waals surface area (Å²) in [7, 11) is 0. The number of halogens is 3. The molecule has 0 saturated heterocycles. The monoisotopic (exact) mass is 339 g/mol. The van der Waals surface area contributed by atoms with Gasteiger partial charge in [-0.1, -0.05) is 35.9 Å². The number of aliphatic imine (C=N–C) groups is 1. The van der Waals surface area contributed by atoms with Gasteiger partial charge in [0.15, 0.2) is 0 Å². The Morgan fingerprint density at radius 3 is 2.52 bits per heavy atom. The summed E-state index contributed by atoms with van der Waals surface area (Å²) in [6.45, 7) is 0.367. The first-order valence-corrected chi connectivity index (χ1v) is 7.66. The summed E-state index contributed by atoms with van der Waals surface area (Å²) >= 11 is 1.15. The highest BCUT2D eigenvalue weighted by Gasteiger charge is 2.58. The van der Waals surface area contributed by atoms with Crippen molar-refractivity contribution in [3.63, 3.8) is 0 Å². The van der Waals surface area contributed by atoms with Crippen LogP contribution in [-0.4, -0.2) is 30.0 Å². The number of thiophene rings is 1. The molecule has 0 spiro atoms. The molecule has 1 atom stereocenters. The smallest absolute Gasteiger partial charge is 0.333 e. The zero-order valence-corrected chi connectivity index (χ0v) is 12.9. The largest absolute Gasteiger partial charge is 0.411 e. The van der Waals surface area contributed by atoms with E-state index in [-0.39, 0.29) is 5.71 Å². The number of alkyl halides is 3. The van der Waals surface area contributed by atoms with E-state index in [2.05, 4.69) is 4.99 Å². The van der Waals surface area contributed by atoms with Gasteiger partial charge in [0.25, 0.3) is 5.72 Å². The Balaban J connectivity index is 1.88. The zero-order chi connectivity index (χ0) is 16.7. The highest BCUT2D eigenvalue weighted by Crippen LogP contribution is 2.39. The third-order valence-corrected chi connectivity index (χ3v) is 4.23. The van der Waals surface area contributed by atoms with E-state index in [1.165, 1.54) is 0 Å². The Kier molecular flexibility index (Phi) is 3.85. The number of carbonyl (C=O) groups is 1. The van der Waals surface area contributed by atoms with Gasteiger partial charge >= 0.3 is 6.18 Å². The van der Waals surface area contributed by atoms with E-state index in [0.717, 1.165) is 16.9 Å². The van der Waals surface area contributed by atoms with Gasteiger partial charge in [0.2, 0.25) is 5.78 Å². The topological polar surface area (TPSA) is 38.7 Å². The van der Waals surface area contributed by atoms with Crippen LogP contribution in [0, 0.1) is 6.92 Å². The van der Waals surface area contributed by atoms with E-state index >= 15 is 0 Å². The van der Waals surface area contributed by atoms with Crippen molar-refractivity contribution >= 4 is 22.8 Å². The third kappa shape index (κ3) is 3.20. The van der Waals surface area contributed by atoms with Crippen molar-refractivity contribution in [2.24, 2.45) is 4.99 Å². The van der Waals surface area contributed by atoms with Gasteiger partial charge in [-0.05, 0) is 18.4 Å². The van der Waals surface area contributed by atoms with Gasteiger partial charge in [-0.2, -0.15) is 13.2 Å². The second kappa shape index (κ2) is 5.58. The standard InChI is InChI=1S/C16H12F3NO2S/c1-10-4-6-11(7-5-10)13-16(20-13,22-9-15(17,18)19)14(21)12-3-2-8-23-12/h2-8H,9H2,1H3/t16-/m0/s1. The highest BCUT2D eigenvalue weighted by atomic mass is 32.1. The number of hydrogen-bond acceptors (Lipinski definition) is 4. The van der Waals surface area contributed by atoms with Crippen LogP contribution in [0.5, 0.6) is 0 Å². The molecule has 3 rings (SSSR count). The van der Waals surface area contributed by atoms with Gasteiger partial charge in [0.1, 0.15) is 12.3 Å². The van der Waals surface area contributed by atoms with Crippen LogP contribution in [0.1, 0.15) is 20.8 Å². The first-order chi connectivity index (χ1) is 10.8. The van der Waals surface area contributed by atoms with Crippen LogP contribution in [-0.2, 0) is 4.74 Å². The molecule has 0 N–H and O–H groups in total. The second-order valence-corrected chi connectivity index (χ2v) is 6.13. The van der Waals surface area contributed by atoms with E-state index in [4.69, 9.17) is 4.74 Å². The lowest BCUT2D eigenvalue weighted by molar-refractivity contribution is -0.182. The second-order valence-electron chi connectivity index (χ2n) is 5.18. The van der Waals surface area contributed by atoms with E-state index in [0.29, 0.717) is 10.4 Å². The number of benzene rings is 1. The van der Waals surface area contributed by atoms with Crippen molar-refractivity contribution in [1.29, 1.82) is 0 Å². The van der Waals surface area contributed by atoms with Crippen molar-refractivity contribution in [2.75, 3.05) is 6.61 Å². The summed E-state index contributed by atoms with van der Waals surface area (Å²) in [4.78, 5) is 16.9. The molecule has 2 heterocycles. The van der Waals surface area contributed by atoms with Gasteiger partial charge in [0.05, 0.1) is 4.88 Å². The molecule has 0 bridgehead atoms. The molecule has 0 fully saturated rings. The van der Waals surface area contributed by atoms with Gasteiger partial charge in [0, 0.05) is 5.56 Å². The Bertz CT molecular complexity index is 751. The molecule has 1 aromatic carbocycles. The fourth-order valence-electron chi connectivity index (χ4n) is 2.19. The first-order valence-electron chi connectivity index (χ1n) is 6.78. The molecule has 23 heavy (non-hydrogen) atoms. The Morgan fingerprint density at radius 2 is 1.96 bits per heavy atom. The average Bonchev–Trinajstić information content (AvgIpc) is 2.98. The summed E-state index contributed by atoms with van der Waals surface area (Å²) in [6, 6.07) is 10.2. The van der Waals surface area contributed by atoms with Crippen LogP contribution in [0.2, 0.25) is 0 Å². The number of nitrogens with zero attached hydrogens (tertiary/aromatic N) is 1. The number of carbonyl (C=O) groups excluding carboxylic acids is 1. The Morgan fingerprint density at radius 1 is 1.26 bits per heavy atom. The summed E-state index contributed by atoms with van der Waals surface area (Å²) in [6.07, 6.45) is -4.53. The number of ether oxygens (including phenoxy) is 1. The van der Waals surface area contributed by atoms with E-state index in [1.54, 1.807) is 41.8 Å². The Labute approximate surface area is 134 Å². The fourth-order valence-corrected chi connectivity index (χ4v) is 2.89. The van der Waals surface area contributed by atoms with Crippen molar-refractivity contribution < 1.29 is 22.7 Å². The minimum atomic E-state index is -4.53. The average molecular weight is 339 g/mol. The molecule has 0 aliphatic carbocycles. The van der Waals surface area contributed by atoms with E-state index in [1.807, 2.05) is 6.92 Å². The first kappa shape index (κ1) is 15.9. The normalized spacial score (nSPS) is 20.3. The number of hydrogen-bond donors (Lipinski definition) is 0. The quantitative estimate of drug-likeness (QED) is 0.772. The maximum atomic E-state index is 12.6. The molecule has 1 aromatic heterocycles. The molecule has 120 valence electrons. The lowest BCUT2D eigenvalue weighted by Gasteiger charge is -2.16. The van der Waals surface area contributed by atoms with Crippen LogP contribution in [0.25, 0.3) is 0 Å². The van der Waals surface area contributed by atoms with Crippen LogP contribution in [0.3, 0.4) is 0 Å². The molecular weight excluding hydrogens is 327 g/mol. The predicted octanol–water partition coefficient (Wildman–Crippen LogP) is 4.02. The summed E-state index contributed by atoms with van der Waals surface area (Å²) < 4.78 is 42.5. The molecule has 2 aromatic rings. The molecule has 0 radical (unpaired) electrons. The molecule has 0 amide bonds. The van der Waals surface area contributed by atoms with E-state index < -0.39 is 24.3 Å². The fraction of sp³-hybridized carbons (Fsp3) is 0.250. The molecule has 1 aliphatic heterocycles. The molecule has 0 saturated carbocycles. The molecule has 7 heteroatoms. The zero-order valence-electron chi connectivity index (χ0n) is 12.1. The maximum absolute atomic E-state index is 12.6. The molecule has 0 unspecified atom stereocenters. The number of rotatable bonds is 5. The number of ketones is 1. The molecular formula is C16H12F3NO2S. The minimum absolute atomic E-state index is 0.236. The van der Waals surface area contributed by atoms with Crippen LogP contribution in [0.15, 0.2) is 46.8 Å². The summed E-state index contributed by atoms with van der Waals surface area (Å²) in [5, 5.41) is 1.68. The van der Waals surface area contributed by atoms with Crippen molar-refractivity contribution in [3.05, 3.63) is 57.8 Å². The Hall–Kier alpha value is -1.99. The third-order valence-electron chi connectivity index (χ3n) is 3.36. The SMILES string of the molecule is Cc1ccc(C2=N[C@@]2(OCC(F)(F)F)C(=O)c2cccs2)cc1. The minimum Gasteiger partial charge on any atom is -0.333 e. The van der Waals surface area contributed by atoms with Crippen molar-refractivity contribution in [1.82, 2.24) is 0 Å².